The highest BCUT2D eigenvalue weighted by atomic mass is 16.3. The van der Waals surface area contributed by atoms with Gasteiger partial charge in [-0.05, 0) is 5.21 Å². The first-order valence-corrected chi connectivity index (χ1v) is 3.14. The highest BCUT2D eigenvalue weighted by molar-refractivity contribution is 5.38. The highest BCUT2D eigenvalue weighted by Gasteiger charge is 2.07. The molecule has 2 heterocycles. The average molecular weight is 167 g/mol. The number of aromatic amines is 1. The van der Waals surface area contributed by atoms with Crippen LogP contribution in [0.1, 0.15) is 0 Å². The van der Waals surface area contributed by atoms with E-state index in [0.29, 0.717) is 11.6 Å². The third-order valence-electron chi connectivity index (χ3n) is 1.23. The SMILES string of the molecule is OCn1cnc(-c2nn[nH]n2)n1. The van der Waals surface area contributed by atoms with Gasteiger partial charge in [0.15, 0.2) is 0 Å². The average Bonchev–Trinajstić information content (AvgIpc) is 2.75. The first-order chi connectivity index (χ1) is 5.90. The molecule has 0 bridgehead atoms. The molecule has 2 N–H and O–H groups in total. The third-order valence-corrected chi connectivity index (χ3v) is 1.23. The second-order valence-corrected chi connectivity index (χ2v) is 1.98. The van der Waals surface area contributed by atoms with E-state index in [1.165, 1.54) is 11.0 Å². The van der Waals surface area contributed by atoms with Crippen molar-refractivity contribution in [1.82, 2.24) is 35.4 Å². The second-order valence-electron chi connectivity index (χ2n) is 1.98. The van der Waals surface area contributed by atoms with Crippen LogP contribution in [0.3, 0.4) is 0 Å². The molecule has 0 aliphatic rings. The molecule has 2 aromatic heterocycles. The quantitative estimate of drug-likeness (QED) is 0.558. The first kappa shape index (κ1) is 6.85. The van der Waals surface area contributed by atoms with Crippen molar-refractivity contribution < 1.29 is 5.11 Å². The Labute approximate surface area is 66.2 Å². The topological polar surface area (TPSA) is 105 Å². The van der Waals surface area contributed by atoms with Crippen molar-refractivity contribution in [2.75, 3.05) is 0 Å². The van der Waals surface area contributed by atoms with Gasteiger partial charge in [0.25, 0.3) is 0 Å². The van der Waals surface area contributed by atoms with Gasteiger partial charge < -0.3 is 5.11 Å². The lowest BCUT2D eigenvalue weighted by atomic mass is 10.6. The summed E-state index contributed by atoms with van der Waals surface area (Å²) in [6.45, 7) is -0.217. The van der Waals surface area contributed by atoms with E-state index in [-0.39, 0.29) is 6.73 Å². The Balaban J connectivity index is 2.35. The number of aliphatic hydroxyl groups excluding tert-OH is 1. The van der Waals surface area contributed by atoms with E-state index < -0.39 is 0 Å². The number of nitrogens with one attached hydrogen (secondary N) is 1. The molecule has 0 unspecified atom stereocenters. The molecule has 2 rings (SSSR count). The Morgan fingerprint density at radius 2 is 2.42 bits per heavy atom. The lowest BCUT2D eigenvalue weighted by molar-refractivity contribution is 0.195. The van der Waals surface area contributed by atoms with Crippen LogP contribution >= 0.6 is 0 Å². The zero-order valence-corrected chi connectivity index (χ0v) is 5.91. The molecule has 0 saturated heterocycles. The van der Waals surface area contributed by atoms with Gasteiger partial charge in [-0.15, -0.1) is 15.3 Å². The van der Waals surface area contributed by atoms with Crippen LogP contribution in [0.15, 0.2) is 6.33 Å². The molecule has 62 valence electrons. The van der Waals surface area contributed by atoms with Gasteiger partial charge in [0.2, 0.25) is 11.6 Å². The van der Waals surface area contributed by atoms with Gasteiger partial charge in [-0.2, -0.15) is 5.21 Å². The number of rotatable bonds is 2. The summed E-state index contributed by atoms with van der Waals surface area (Å²) in [5.74, 6) is 0.639. The van der Waals surface area contributed by atoms with Gasteiger partial charge >= 0.3 is 0 Å². The van der Waals surface area contributed by atoms with E-state index in [1.807, 2.05) is 0 Å². The van der Waals surface area contributed by atoms with Gasteiger partial charge in [0, 0.05) is 0 Å². The lowest BCUT2D eigenvalue weighted by Crippen LogP contribution is -1.96. The van der Waals surface area contributed by atoms with Crippen LogP contribution < -0.4 is 0 Å². The first-order valence-electron chi connectivity index (χ1n) is 3.14. The maximum Gasteiger partial charge on any atom is 0.243 e. The van der Waals surface area contributed by atoms with Crippen LogP contribution in [-0.2, 0) is 6.73 Å². The second kappa shape index (κ2) is 2.66. The van der Waals surface area contributed by atoms with Gasteiger partial charge in [0.1, 0.15) is 13.1 Å². The minimum absolute atomic E-state index is 0.217. The smallest absolute Gasteiger partial charge is 0.243 e. The summed E-state index contributed by atoms with van der Waals surface area (Å²) >= 11 is 0. The van der Waals surface area contributed by atoms with E-state index in [4.69, 9.17) is 5.11 Å². The van der Waals surface area contributed by atoms with E-state index in [0.717, 1.165) is 0 Å². The summed E-state index contributed by atoms with van der Waals surface area (Å²) in [5, 5.41) is 25.4. The molecule has 0 aliphatic carbocycles. The van der Waals surface area contributed by atoms with E-state index in [9.17, 15) is 0 Å². The van der Waals surface area contributed by atoms with Crippen LogP contribution in [0.25, 0.3) is 11.6 Å². The number of hydrogen-bond acceptors (Lipinski definition) is 6. The Kier molecular flexibility index (Phi) is 1.52. The molecular weight excluding hydrogens is 162 g/mol. The third kappa shape index (κ3) is 1.03. The maximum absolute atomic E-state index is 8.64. The minimum atomic E-state index is -0.217. The van der Waals surface area contributed by atoms with Crippen LogP contribution in [0.4, 0.5) is 0 Å². The molecule has 8 heteroatoms. The van der Waals surface area contributed by atoms with Gasteiger partial charge in [-0.3, -0.25) is 0 Å². The zero-order chi connectivity index (χ0) is 8.39. The monoisotopic (exact) mass is 167 g/mol. The number of nitrogens with zero attached hydrogens (tertiary/aromatic N) is 6. The van der Waals surface area contributed by atoms with Crippen LogP contribution in [0.5, 0.6) is 0 Å². The molecular formula is C4H5N7O. The molecule has 0 atom stereocenters. The molecule has 12 heavy (non-hydrogen) atoms. The van der Waals surface area contributed by atoms with Crippen molar-refractivity contribution in [1.29, 1.82) is 0 Å². The molecule has 2 aromatic rings. The minimum Gasteiger partial charge on any atom is -0.374 e. The van der Waals surface area contributed by atoms with Crippen molar-refractivity contribution in [3.63, 3.8) is 0 Å². The number of aliphatic hydroxyl groups is 1. The predicted molar refractivity (Wildman–Crippen MR) is 35.4 cm³/mol. The summed E-state index contributed by atoms with van der Waals surface area (Å²) in [4.78, 5) is 3.84. The summed E-state index contributed by atoms with van der Waals surface area (Å²) in [7, 11) is 0. The van der Waals surface area contributed by atoms with Crippen molar-refractivity contribution in [3.8, 4) is 11.6 Å². The summed E-state index contributed by atoms with van der Waals surface area (Å²) in [5.41, 5.74) is 0. The fraction of sp³-hybridized carbons (Fsp3) is 0.250. The summed E-state index contributed by atoms with van der Waals surface area (Å²) in [6.07, 6.45) is 1.38. The summed E-state index contributed by atoms with van der Waals surface area (Å²) < 4.78 is 1.26. The number of aromatic nitrogens is 7. The molecule has 8 nitrogen and oxygen atoms in total. The number of tetrazole rings is 1. The normalized spacial score (nSPS) is 10.4. The Bertz CT molecular complexity index is 351. The summed E-state index contributed by atoms with van der Waals surface area (Å²) in [6, 6.07) is 0. The molecule has 0 radical (unpaired) electrons. The Hall–Kier alpha value is -1.83. The van der Waals surface area contributed by atoms with Gasteiger partial charge in [-0.1, -0.05) is 0 Å². The number of H-pyrrole nitrogens is 1. The maximum atomic E-state index is 8.64. The standard InChI is InChI=1S/C4H5N7O/c12-2-11-1-5-3(8-11)4-6-9-10-7-4/h1,12H,2H2,(H,6,7,9,10). The van der Waals surface area contributed by atoms with E-state index in [1.54, 1.807) is 0 Å². The van der Waals surface area contributed by atoms with Crippen LogP contribution in [0, 0.1) is 0 Å². The van der Waals surface area contributed by atoms with Crippen molar-refractivity contribution in [3.05, 3.63) is 6.33 Å². The molecule has 0 fully saturated rings. The Morgan fingerprint density at radius 1 is 1.50 bits per heavy atom. The van der Waals surface area contributed by atoms with Crippen molar-refractivity contribution in [2.45, 2.75) is 6.73 Å². The van der Waals surface area contributed by atoms with Crippen LogP contribution in [-0.4, -0.2) is 40.5 Å². The molecule has 0 saturated carbocycles. The van der Waals surface area contributed by atoms with Gasteiger partial charge in [0.05, 0.1) is 0 Å². The van der Waals surface area contributed by atoms with Crippen molar-refractivity contribution in [2.24, 2.45) is 0 Å². The Morgan fingerprint density at radius 3 is 3.00 bits per heavy atom. The van der Waals surface area contributed by atoms with Crippen molar-refractivity contribution >= 4 is 0 Å². The molecule has 0 aromatic carbocycles. The fourth-order valence-corrected chi connectivity index (χ4v) is 0.722. The van der Waals surface area contributed by atoms with E-state index in [2.05, 4.69) is 30.7 Å². The van der Waals surface area contributed by atoms with E-state index >= 15 is 0 Å². The fourth-order valence-electron chi connectivity index (χ4n) is 0.722. The molecule has 0 spiro atoms. The molecule has 0 aliphatic heterocycles. The van der Waals surface area contributed by atoms with Crippen LogP contribution in [0.2, 0.25) is 0 Å². The zero-order valence-electron chi connectivity index (χ0n) is 5.91. The highest BCUT2D eigenvalue weighted by Crippen LogP contribution is 2.03. The van der Waals surface area contributed by atoms with Gasteiger partial charge in [-0.25, -0.2) is 9.67 Å². The number of hydrogen-bond donors (Lipinski definition) is 2. The lowest BCUT2D eigenvalue weighted by Gasteiger charge is -1.87. The molecule has 0 amide bonds. The largest absolute Gasteiger partial charge is 0.374 e. The predicted octanol–water partition coefficient (Wildman–Crippen LogP) is -1.59.